The average Bonchev–Trinajstić information content (AvgIpc) is 3.42. The number of benzene rings is 2. The van der Waals surface area contributed by atoms with Crippen molar-refractivity contribution < 1.29 is 14.3 Å². The van der Waals surface area contributed by atoms with Crippen molar-refractivity contribution in [2.45, 2.75) is 6.42 Å². The van der Waals surface area contributed by atoms with E-state index in [2.05, 4.69) is 36.8 Å². The lowest BCUT2D eigenvalue weighted by Crippen LogP contribution is -2.31. The number of fused-ring (bicyclic) bond motifs is 1. The summed E-state index contributed by atoms with van der Waals surface area (Å²) in [6.07, 6.45) is 2.45. The third-order valence-corrected chi connectivity index (χ3v) is 4.52. The molecule has 2 heterocycles. The molecule has 0 saturated heterocycles. The minimum Gasteiger partial charge on any atom is -0.484 e. The quantitative estimate of drug-likeness (QED) is 0.366. The molecule has 0 aliphatic carbocycles. The Kier molecular flexibility index (Phi) is 6.00. The molecular weight excluding hydrogens is 384 g/mol. The van der Waals surface area contributed by atoms with Crippen LogP contribution in [0.25, 0.3) is 22.3 Å². The first-order valence-corrected chi connectivity index (χ1v) is 9.53. The van der Waals surface area contributed by atoms with E-state index in [1.54, 1.807) is 25.4 Å². The lowest BCUT2D eigenvalue weighted by Gasteiger charge is -2.07. The largest absolute Gasteiger partial charge is 0.484 e. The highest BCUT2D eigenvalue weighted by molar-refractivity contribution is 5.78. The van der Waals surface area contributed by atoms with E-state index in [0.29, 0.717) is 31.1 Å². The zero-order valence-electron chi connectivity index (χ0n) is 16.5. The van der Waals surface area contributed by atoms with Crippen LogP contribution in [0, 0.1) is 0 Å². The van der Waals surface area contributed by atoms with Crippen LogP contribution in [0.4, 0.5) is 0 Å². The normalized spacial score (nSPS) is 11.0. The summed E-state index contributed by atoms with van der Waals surface area (Å²) in [5.74, 6) is 1.80. The number of nitrogens with zero attached hydrogens (tertiary/aromatic N) is 3. The summed E-state index contributed by atoms with van der Waals surface area (Å²) >= 11 is 0. The number of H-pyrrole nitrogens is 2. The number of ether oxygens (including phenoxy) is 2. The van der Waals surface area contributed by atoms with E-state index in [9.17, 15) is 4.79 Å². The Morgan fingerprint density at radius 2 is 2.00 bits per heavy atom. The first-order valence-electron chi connectivity index (χ1n) is 9.53. The van der Waals surface area contributed by atoms with Gasteiger partial charge in [-0.25, -0.2) is 4.98 Å². The number of carbonyl (C=O) groups excluding carboxylic acids is 1. The lowest BCUT2D eigenvalue weighted by atomic mass is 10.1. The molecule has 0 aliphatic heterocycles. The van der Waals surface area contributed by atoms with Gasteiger partial charge in [0.15, 0.2) is 12.4 Å². The maximum atomic E-state index is 11.7. The summed E-state index contributed by atoms with van der Waals surface area (Å²) in [4.78, 5) is 16.3. The smallest absolute Gasteiger partial charge is 0.258 e. The van der Waals surface area contributed by atoms with Crippen LogP contribution in [0.5, 0.6) is 5.75 Å². The first kappa shape index (κ1) is 19.6. The number of amides is 1. The molecule has 2 aromatic heterocycles. The van der Waals surface area contributed by atoms with Crippen LogP contribution >= 0.6 is 0 Å². The maximum Gasteiger partial charge on any atom is 0.258 e. The van der Waals surface area contributed by atoms with Gasteiger partial charge < -0.3 is 14.8 Å². The third-order valence-electron chi connectivity index (χ3n) is 4.52. The van der Waals surface area contributed by atoms with Gasteiger partial charge in [0.05, 0.1) is 18.3 Å². The fourth-order valence-corrected chi connectivity index (χ4v) is 2.99. The van der Waals surface area contributed by atoms with Crippen LogP contribution in [-0.4, -0.2) is 58.2 Å². The van der Waals surface area contributed by atoms with Gasteiger partial charge in [0, 0.05) is 31.0 Å². The van der Waals surface area contributed by atoms with E-state index in [1.807, 2.05) is 24.3 Å². The second-order valence-electron chi connectivity index (χ2n) is 6.73. The Bertz CT molecular complexity index is 1120. The lowest BCUT2D eigenvalue weighted by molar-refractivity contribution is -0.123. The highest BCUT2D eigenvalue weighted by atomic mass is 16.5. The van der Waals surface area contributed by atoms with Crippen molar-refractivity contribution in [3.8, 4) is 17.1 Å². The highest BCUT2D eigenvalue weighted by Gasteiger charge is 2.09. The van der Waals surface area contributed by atoms with E-state index in [0.717, 1.165) is 27.9 Å². The third kappa shape index (κ3) is 4.81. The van der Waals surface area contributed by atoms with Gasteiger partial charge in [-0.15, -0.1) is 0 Å². The number of hydrogen-bond acceptors (Lipinski definition) is 6. The minimum atomic E-state index is -0.191. The summed E-state index contributed by atoms with van der Waals surface area (Å²) in [5, 5.41) is 18.1. The van der Waals surface area contributed by atoms with E-state index >= 15 is 0 Å². The fraction of sp³-hybridized carbons (Fsp3) is 0.238. The Hall–Kier alpha value is -3.72. The molecule has 30 heavy (non-hydrogen) atoms. The van der Waals surface area contributed by atoms with Crippen molar-refractivity contribution in [1.29, 1.82) is 0 Å². The molecule has 1 amide bonds. The fourth-order valence-electron chi connectivity index (χ4n) is 2.99. The van der Waals surface area contributed by atoms with Crippen molar-refractivity contribution in [2.75, 3.05) is 26.9 Å². The monoisotopic (exact) mass is 406 g/mol. The molecule has 154 valence electrons. The number of hydrogen-bond donors (Lipinski definition) is 3. The Morgan fingerprint density at radius 3 is 2.83 bits per heavy atom. The second-order valence-corrected chi connectivity index (χ2v) is 6.73. The van der Waals surface area contributed by atoms with Crippen LogP contribution in [0.2, 0.25) is 0 Å². The summed E-state index contributed by atoms with van der Waals surface area (Å²) < 4.78 is 10.4. The molecule has 2 aromatic carbocycles. The summed E-state index contributed by atoms with van der Waals surface area (Å²) in [6.45, 7) is 0.882. The van der Waals surface area contributed by atoms with Crippen LogP contribution in [0.3, 0.4) is 0 Å². The minimum absolute atomic E-state index is 0.0468. The highest BCUT2D eigenvalue weighted by Crippen LogP contribution is 2.20. The molecule has 0 fully saturated rings. The molecule has 9 nitrogen and oxygen atoms in total. The number of methoxy groups -OCH3 is 1. The van der Waals surface area contributed by atoms with Crippen LogP contribution in [-0.2, 0) is 16.0 Å². The van der Waals surface area contributed by atoms with Crippen molar-refractivity contribution >= 4 is 16.8 Å². The summed E-state index contributed by atoms with van der Waals surface area (Å²) in [6, 6.07) is 13.4. The van der Waals surface area contributed by atoms with E-state index in [-0.39, 0.29) is 12.5 Å². The van der Waals surface area contributed by atoms with Crippen molar-refractivity contribution in [3.05, 3.63) is 60.0 Å². The first-order chi connectivity index (χ1) is 14.7. The molecule has 3 N–H and O–H groups in total. The molecule has 4 rings (SSSR count). The van der Waals surface area contributed by atoms with E-state index < -0.39 is 0 Å². The van der Waals surface area contributed by atoms with Crippen LogP contribution in [0.15, 0.2) is 48.7 Å². The van der Waals surface area contributed by atoms with Crippen molar-refractivity contribution in [2.24, 2.45) is 0 Å². The standard InChI is InChI=1S/C21H22N6O3/c1-29-9-8-22-20(28)13-30-17-5-3-15(4-6-17)21-24-19(26-27-21)11-14-2-7-18-16(10-14)12-23-25-18/h2-7,10,12H,8-9,11,13H2,1H3,(H,22,28)(H,23,25)(H,24,26,27). The Labute approximate surface area is 172 Å². The van der Waals surface area contributed by atoms with Crippen molar-refractivity contribution in [1.82, 2.24) is 30.7 Å². The van der Waals surface area contributed by atoms with Gasteiger partial charge in [0.2, 0.25) is 0 Å². The summed E-state index contributed by atoms with van der Waals surface area (Å²) in [5.41, 5.74) is 2.99. The molecule has 4 aromatic rings. The molecule has 0 saturated carbocycles. The summed E-state index contributed by atoms with van der Waals surface area (Å²) in [7, 11) is 1.58. The molecule has 9 heteroatoms. The van der Waals surface area contributed by atoms with Gasteiger partial charge in [-0.05, 0) is 42.0 Å². The molecule has 0 radical (unpaired) electrons. The predicted octanol–water partition coefficient (Wildman–Crippen LogP) is 2.08. The van der Waals surface area contributed by atoms with E-state index in [1.165, 1.54) is 0 Å². The SMILES string of the molecule is COCCNC(=O)COc1ccc(-c2n[nH]c(Cc3ccc4[nH]ncc4c3)n2)cc1. The molecular formula is C21H22N6O3. The topological polar surface area (TPSA) is 118 Å². The molecule has 0 unspecified atom stereocenters. The number of nitrogens with one attached hydrogen (secondary N) is 3. The molecule has 0 aliphatic rings. The van der Waals surface area contributed by atoms with Crippen LogP contribution < -0.4 is 10.1 Å². The second kappa shape index (κ2) is 9.19. The van der Waals surface area contributed by atoms with Gasteiger partial charge in [0.25, 0.3) is 5.91 Å². The van der Waals surface area contributed by atoms with Gasteiger partial charge in [-0.3, -0.25) is 15.0 Å². The molecule has 0 bridgehead atoms. The van der Waals surface area contributed by atoms with E-state index in [4.69, 9.17) is 9.47 Å². The number of aromatic nitrogens is 5. The predicted molar refractivity (Wildman–Crippen MR) is 111 cm³/mol. The average molecular weight is 406 g/mol. The Balaban J connectivity index is 1.34. The number of rotatable bonds is 9. The van der Waals surface area contributed by atoms with Gasteiger partial charge in [-0.2, -0.15) is 10.2 Å². The number of carbonyl (C=O) groups is 1. The van der Waals surface area contributed by atoms with Crippen molar-refractivity contribution in [3.63, 3.8) is 0 Å². The number of aromatic amines is 2. The zero-order valence-corrected chi connectivity index (χ0v) is 16.5. The van der Waals surface area contributed by atoms with Gasteiger partial charge in [-0.1, -0.05) is 6.07 Å². The van der Waals surface area contributed by atoms with Gasteiger partial charge in [0.1, 0.15) is 11.6 Å². The van der Waals surface area contributed by atoms with Gasteiger partial charge >= 0.3 is 0 Å². The Morgan fingerprint density at radius 1 is 1.13 bits per heavy atom. The molecule has 0 spiro atoms. The zero-order chi connectivity index (χ0) is 20.8. The molecule has 0 atom stereocenters. The van der Waals surface area contributed by atoms with Crippen LogP contribution in [0.1, 0.15) is 11.4 Å². The maximum absolute atomic E-state index is 11.7.